The van der Waals surface area contributed by atoms with Crippen LogP contribution in [0.25, 0.3) is 0 Å². The number of nitrogens with two attached hydrogens (primary N) is 1. The number of likely N-dealkylation sites (N-methyl/N-ethyl adjacent to an activating group) is 1. The van der Waals surface area contributed by atoms with Gasteiger partial charge in [0.1, 0.15) is 0 Å². The minimum absolute atomic E-state index is 0.0986. The topological polar surface area (TPSA) is 47.1 Å². The van der Waals surface area contributed by atoms with Gasteiger partial charge in [0.15, 0.2) is 0 Å². The summed E-state index contributed by atoms with van der Waals surface area (Å²) in [6, 6.07) is 0.0986. The number of hydrogen-bond donors (Lipinski definition) is 1. The molecule has 0 saturated heterocycles. The van der Waals surface area contributed by atoms with Crippen LogP contribution in [0.3, 0.4) is 0 Å². The first-order chi connectivity index (χ1) is 9.49. The van der Waals surface area contributed by atoms with Crippen molar-refractivity contribution >= 4 is 15.9 Å². The maximum atomic E-state index is 6.56. The first-order valence-corrected chi connectivity index (χ1v) is 8.40. The molecule has 1 heterocycles. The van der Waals surface area contributed by atoms with E-state index in [9.17, 15) is 0 Å². The second-order valence-electron chi connectivity index (χ2n) is 6.45. The Morgan fingerprint density at radius 2 is 2.05 bits per heavy atom. The van der Waals surface area contributed by atoms with Crippen molar-refractivity contribution in [2.45, 2.75) is 45.2 Å². The van der Waals surface area contributed by atoms with Gasteiger partial charge in [-0.05, 0) is 54.7 Å². The molecule has 1 atom stereocenters. The average Bonchev–Trinajstić information content (AvgIpc) is 2.77. The van der Waals surface area contributed by atoms with Crippen molar-refractivity contribution in [3.8, 4) is 0 Å². The first-order valence-electron chi connectivity index (χ1n) is 7.60. The molecule has 1 fully saturated rings. The Balaban J connectivity index is 2.08. The average molecular weight is 343 g/mol. The minimum atomic E-state index is 0.0986. The molecule has 20 heavy (non-hydrogen) atoms. The van der Waals surface area contributed by atoms with Gasteiger partial charge in [-0.15, -0.1) is 0 Å². The third kappa shape index (κ3) is 3.83. The van der Waals surface area contributed by atoms with Crippen molar-refractivity contribution in [1.82, 2.24) is 14.7 Å². The Hall–Kier alpha value is -0.390. The molecule has 2 N–H and O–H groups in total. The smallest absolute Gasteiger partial charge is 0.0696 e. The number of halogens is 1. The molecule has 4 nitrogen and oxygen atoms in total. The van der Waals surface area contributed by atoms with Crippen LogP contribution in [0.4, 0.5) is 0 Å². The van der Waals surface area contributed by atoms with E-state index in [1.807, 2.05) is 6.20 Å². The van der Waals surface area contributed by atoms with Gasteiger partial charge in [-0.25, -0.2) is 0 Å². The maximum Gasteiger partial charge on any atom is 0.0696 e. The van der Waals surface area contributed by atoms with E-state index in [1.165, 1.54) is 31.4 Å². The van der Waals surface area contributed by atoms with Crippen LogP contribution >= 0.6 is 15.9 Å². The van der Waals surface area contributed by atoms with Gasteiger partial charge in [0.25, 0.3) is 0 Å². The fourth-order valence-corrected chi connectivity index (χ4v) is 3.61. The van der Waals surface area contributed by atoms with Crippen molar-refractivity contribution in [2.24, 2.45) is 17.6 Å². The Labute approximate surface area is 130 Å². The molecule has 1 saturated carbocycles. The molecule has 1 aromatic rings. The van der Waals surface area contributed by atoms with Crippen molar-refractivity contribution in [3.05, 3.63) is 16.4 Å². The molecule has 0 aliphatic heterocycles. The summed E-state index contributed by atoms with van der Waals surface area (Å²) >= 11 is 3.63. The standard InChI is InChI=1S/C15H27BrN4/c1-11-4-6-12(7-5-11)14(17)15-13(16)10-18-20(15)9-8-19(2)3/h10-12,14H,4-9,17H2,1-3H3. The molecule has 1 aliphatic carbocycles. The zero-order chi connectivity index (χ0) is 14.7. The van der Waals surface area contributed by atoms with Gasteiger partial charge in [-0.3, -0.25) is 4.68 Å². The summed E-state index contributed by atoms with van der Waals surface area (Å²) in [4.78, 5) is 2.17. The minimum Gasteiger partial charge on any atom is -0.322 e. The van der Waals surface area contributed by atoms with Crippen molar-refractivity contribution < 1.29 is 0 Å². The molecule has 1 aromatic heterocycles. The van der Waals surface area contributed by atoms with Crippen molar-refractivity contribution in [2.75, 3.05) is 20.6 Å². The lowest BCUT2D eigenvalue weighted by Crippen LogP contribution is -2.29. The van der Waals surface area contributed by atoms with Crippen molar-refractivity contribution in [1.29, 1.82) is 0 Å². The van der Waals surface area contributed by atoms with Gasteiger partial charge < -0.3 is 10.6 Å². The Kier molecular flexibility index (Phi) is 5.64. The SMILES string of the molecule is CC1CCC(C(N)c2c(Br)cnn2CCN(C)C)CC1. The van der Waals surface area contributed by atoms with E-state index in [1.54, 1.807) is 0 Å². The normalized spacial score (nSPS) is 25.1. The number of hydrogen-bond acceptors (Lipinski definition) is 3. The van der Waals surface area contributed by atoms with E-state index in [0.717, 1.165) is 23.5 Å². The van der Waals surface area contributed by atoms with Gasteiger partial charge in [0.2, 0.25) is 0 Å². The monoisotopic (exact) mass is 342 g/mol. The van der Waals surface area contributed by atoms with Crippen LogP contribution in [-0.4, -0.2) is 35.3 Å². The van der Waals surface area contributed by atoms with E-state index >= 15 is 0 Å². The fraction of sp³-hybridized carbons (Fsp3) is 0.800. The quantitative estimate of drug-likeness (QED) is 0.894. The molecule has 0 spiro atoms. The molecule has 0 amide bonds. The predicted octanol–water partition coefficient (Wildman–Crippen LogP) is 3.03. The van der Waals surface area contributed by atoms with E-state index in [4.69, 9.17) is 5.73 Å². The first kappa shape index (κ1) is 16.0. The number of rotatable bonds is 5. The Morgan fingerprint density at radius 1 is 1.40 bits per heavy atom. The molecular weight excluding hydrogens is 316 g/mol. The fourth-order valence-electron chi connectivity index (χ4n) is 3.04. The second kappa shape index (κ2) is 7.05. The molecule has 114 valence electrons. The zero-order valence-corrected chi connectivity index (χ0v) is 14.4. The largest absolute Gasteiger partial charge is 0.322 e. The molecular formula is C15H27BrN4. The summed E-state index contributed by atoms with van der Waals surface area (Å²) in [6.07, 6.45) is 6.99. The highest BCUT2D eigenvalue weighted by atomic mass is 79.9. The summed E-state index contributed by atoms with van der Waals surface area (Å²) in [5, 5.41) is 4.48. The summed E-state index contributed by atoms with van der Waals surface area (Å²) in [6.45, 7) is 4.22. The highest BCUT2D eigenvalue weighted by molar-refractivity contribution is 9.10. The zero-order valence-electron chi connectivity index (χ0n) is 12.8. The van der Waals surface area contributed by atoms with Crippen LogP contribution in [0.5, 0.6) is 0 Å². The second-order valence-corrected chi connectivity index (χ2v) is 7.30. The molecule has 1 aliphatic rings. The summed E-state index contributed by atoms with van der Waals surface area (Å²) in [7, 11) is 4.17. The van der Waals surface area contributed by atoms with E-state index in [-0.39, 0.29) is 6.04 Å². The molecule has 0 bridgehead atoms. The summed E-state index contributed by atoms with van der Waals surface area (Å²) in [5.41, 5.74) is 7.74. The van der Waals surface area contributed by atoms with Gasteiger partial charge >= 0.3 is 0 Å². The maximum absolute atomic E-state index is 6.56. The lowest BCUT2D eigenvalue weighted by Gasteiger charge is -2.31. The van der Waals surface area contributed by atoms with E-state index < -0.39 is 0 Å². The van der Waals surface area contributed by atoms with Crippen LogP contribution in [0.2, 0.25) is 0 Å². The third-order valence-electron chi connectivity index (χ3n) is 4.48. The highest BCUT2D eigenvalue weighted by Gasteiger charge is 2.28. The molecule has 0 aromatic carbocycles. The van der Waals surface area contributed by atoms with Crippen LogP contribution in [-0.2, 0) is 6.54 Å². The van der Waals surface area contributed by atoms with Crippen LogP contribution in [0.15, 0.2) is 10.7 Å². The molecule has 0 radical (unpaired) electrons. The van der Waals surface area contributed by atoms with Gasteiger partial charge in [-0.1, -0.05) is 19.8 Å². The summed E-state index contributed by atoms with van der Waals surface area (Å²) < 4.78 is 3.13. The predicted molar refractivity (Wildman–Crippen MR) is 86.5 cm³/mol. The van der Waals surface area contributed by atoms with Gasteiger partial charge in [0.05, 0.1) is 29.0 Å². The molecule has 5 heteroatoms. The lowest BCUT2D eigenvalue weighted by atomic mass is 9.78. The van der Waals surface area contributed by atoms with E-state index in [0.29, 0.717) is 5.92 Å². The third-order valence-corrected chi connectivity index (χ3v) is 5.09. The van der Waals surface area contributed by atoms with Gasteiger partial charge in [0, 0.05) is 6.54 Å². The lowest BCUT2D eigenvalue weighted by molar-refractivity contribution is 0.247. The van der Waals surface area contributed by atoms with Crippen LogP contribution < -0.4 is 5.73 Å². The summed E-state index contributed by atoms with van der Waals surface area (Å²) in [5.74, 6) is 1.46. The number of aromatic nitrogens is 2. The Morgan fingerprint density at radius 3 is 2.65 bits per heavy atom. The molecule has 2 rings (SSSR count). The number of nitrogens with zero attached hydrogens (tertiary/aromatic N) is 3. The Bertz CT molecular complexity index is 422. The van der Waals surface area contributed by atoms with Crippen LogP contribution in [0, 0.1) is 11.8 Å². The van der Waals surface area contributed by atoms with E-state index in [2.05, 4.69) is 51.6 Å². The van der Waals surface area contributed by atoms with Crippen LogP contribution in [0.1, 0.15) is 44.3 Å². The van der Waals surface area contributed by atoms with Crippen molar-refractivity contribution in [3.63, 3.8) is 0 Å². The highest BCUT2D eigenvalue weighted by Crippen LogP contribution is 2.37. The molecule has 1 unspecified atom stereocenters. The van der Waals surface area contributed by atoms with Gasteiger partial charge in [-0.2, -0.15) is 5.10 Å².